The SMILES string of the molecule is Cc1ccc(C)c(-c2cn3c(C)c(Br)ccc3n2)c1. The van der Waals surface area contributed by atoms with Gasteiger partial charge in [-0.15, -0.1) is 0 Å². The maximum Gasteiger partial charge on any atom is 0.137 e. The van der Waals surface area contributed by atoms with E-state index >= 15 is 0 Å². The molecule has 19 heavy (non-hydrogen) atoms. The molecule has 0 unspecified atom stereocenters. The van der Waals surface area contributed by atoms with Crippen LogP contribution in [-0.2, 0) is 0 Å². The van der Waals surface area contributed by atoms with Crippen molar-refractivity contribution in [2.24, 2.45) is 0 Å². The summed E-state index contributed by atoms with van der Waals surface area (Å²) in [7, 11) is 0. The number of fused-ring (bicyclic) bond motifs is 1. The molecule has 0 saturated carbocycles. The molecular formula is C16H15BrN2. The molecule has 0 amide bonds. The van der Waals surface area contributed by atoms with Crippen LogP contribution in [0.15, 0.2) is 41.0 Å². The average Bonchev–Trinajstić information content (AvgIpc) is 2.81. The number of nitrogens with zero attached hydrogens (tertiary/aromatic N) is 2. The van der Waals surface area contributed by atoms with Gasteiger partial charge in [-0.05, 0) is 60.5 Å². The molecule has 0 atom stereocenters. The van der Waals surface area contributed by atoms with Gasteiger partial charge in [0, 0.05) is 21.9 Å². The Kier molecular flexibility index (Phi) is 2.94. The standard InChI is InChI=1S/C16H15BrN2/c1-10-4-5-11(2)13(8-10)15-9-19-12(3)14(17)6-7-16(19)18-15/h4-9H,1-3H3. The van der Waals surface area contributed by atoms with Crippen LogP contribution in [0.1, 0.15) is 16.8 Å². The van der Waals surface area contributed by atoms with E-state index in [1.54, 1.807) is 0 Å². The summed E-state index contributed by atoms with van der Waals surface area (Å²) in [5.41, 5.74) is 6.90. The van der Waals surface area contributed by atoms with Gasteiger partial charge < -0.3 is 4.40 Å². The molecule has 0 radical (unpaired) electrons. The maximum atomic E-state index is 4.73. The number of pyridine rings is 1. The van der Waals surface area contributed by atoms with Crippen LogP contribution in [-0.4, -0.2) is 9.38 Å². The van der Waals surface area contributed by atoms with Crippen LogP contribution in [0.5, 0.6) is 0 Å². The lowest BCUT2D eigenvalue weighted by Crippen LogP contribution is -1.89. The van der Waals surface area contributed by atoms with Crippen molar-refractivity contribution in [1.82, 2.24) is 9.38 Å². The number of hydrogen-bond acceptors (Lipinski definition) is 1. The highest BCUT2D eigenvalue weighted by Gasteiger charge is 2.09. The number of rotatable bonds is 1. The van der Waals surface area contributed by atoms with Crippen LogP contribution in [0.25, 0.3) is 16.9 Å². The number of aryl methyl sites for hydroxylation is 3. The first kappa shape index (κ1) is 12.4. The lowest BCUT2D eigenvalue weighted by Gasteiger charge is -2.03. The largest absolute Gasteiger partial charge is 0.303 e. The van der Waals surface area contributed by atoms with Crippen LogP contribution in [0, 0.1) is 20.8 Å². The van der Waals surface area contributed by atoms with Gasteiger partial charge in [0.25, 0.3) is 0 Å². The number of imidazole rings is 1. The van der Waals surface area contributed by atoms with E-state index in [1.807, 2.05) is 12.1 Å². The zero-order chi connectivity index (χ0) is 13.6. The van der Waals surface area contributed by atoms with Gasteiger partial charge in [-0.1, -0.05) is 17.7 Å². The quantitative estimate of drug-likeness (QED) is 0.637. The van der Waals surface area contributed by atoms with Crippen molar-refractivity contribution in [2.45, 2.75) is 20.8 Å². The zero-order valence-corrected chi connectivity index (χ0v) is 12.8. The van der Waals surface area contributed by atoms with Crippen molar-refractivity contribution >= 4 is 21.6 Å². The number of halogens is 1. The minimum absolute atomic E-state index is 0.983. The number of aromatic nitrogens is 2. The number of hydrogen-bond donors (Lipinski definition) is 0. The molecule has 0 fully saturated rings. The van der Waals surface area contributed by atoms with Crippen LogP contribution in [0.3, 0.4) is 0 Å². The average molecular weight is 315 g/mol. The second-order valence-electron chi connectivity index (χ2n) is 4.94. The third-order valence-corrected chi connectivity index (χ3v) is 4.33. The van der Waals surface area contributed by atoms with E-state index in [0.717, 1.165) is 15.8 Å². The Balaban J connectivity index is 2.26. The van der Waals surface area contributed by atoms with E-state index in [0.29, 0.717) is 0 Å². The van der Waals surface area contributed by atoms with Crippen molar-refractivity contribution in [1.29, 1.82) is 0 Å². The van der Waals surface area contributed by atoms with Gasteiger partial charge in [-0.25, -0.2) is 4.98 Å². The molecule has 2 nitrogen and oxygen atoms in total. The Bertz CT molecular complexity index is 772. The molecule has 3 heteroatoms. The number of benzene rings is 1. The summed E-state index contributed by atoms with van der Waals surface area (Å²) in [6, 6.07) is 10.6. The normalized spacial score (nSPS) is 11.2. The highest BCUT2D eigenvalue weighted by molar-refractivity contribution is 9.10. The third kappa shape index (κ3) is 2.08. The molecule has 3 rings (SSSR count). The Hall–Kier alpha value is -1.61. The van der Waals surface area contributed by atoms with Crippen LogP contribution < -0.4 is 0 Å². The molecule has 3 aromatic rings. The van der Waals surface area contributed by atoms with Crippen molar-refractivity contribution in [3.05, 3.63) is 57.8 Å². The summed E-state index contributed by atoms with van der Waals surface area (Å²) >= 11 is 3.56. The summed E-state index contributed by atoms with van der Waals surface area (Å²) in [6.45, 7) is 6.33. The van der Waals surface area contributed by atoms with E-state index in [-0.39, 0.29) is 0 Å². The van der Waals surface area contributed by atoms with E-state index < -0.39 is 0 Å². The van der Waals surface area contributed by atoms with E-state index in [2.05, 4.69) is 65.5 Å². The summed E-state index contributed by atoms with van der Waals surface area (Å²) < 4.78 is 3.23. The van der Waals surface area contributed by atoms with Crippen molar-refractivity contribution in [3.8, 4) is 11.3 Å². The van der Waals surface area contributed by atoms with Crippen molar-refractivity contribution in [2.75, 3.05) is 0 Å². The first-order valence-corrected chi connectivity index (χ1v) is 7.07. The molecule has 2 heterocycles. The summed E-state index contributed by atoms with van der Waals surface area (Å²) in [4.78, 5) is 4.73. The molecule has 0 spiro atoms. The van der Waals surface area contributed by atoms with Crippen LogP contribution >= 0.6 is 15.9 Å². The maximum absolute atomic E-state index is 4.73. The first-order chi connectivity index (χ1) is 9.06. The Morgan fingerprint density at radius 1 is 1.05 bits per heavy atom. The zero-order valence-electron chi connectivity index (χ0n) is 11.2. The van der Waals surface area contributed by atoms with Gasteiger partial charge in [-0.2, -0.15) is 0 Å². The third-order valence-electron chi connectivity index (χ3n) is 3.49. The van der Waals surface area contributed by atoms with Crippen molar-refractivity contribution < 1.29 is 0 Å². The molecule has 0 aliphatic carbocycles. The highest BCUT2D eigenvalue weighted by Crippen LogP contribution is 2.26. The fourth-order valence-electron chi connectivity index (χ4n) is 2.31. The van der Waals surface area contributed by atoms with Gasteiger partial charge in [0.15, 0.2) is 0 Å². The second-order valence-corrected chi connectivity index (χ2v) is 5.79. The fourth-order valence-corrected chi connectivity index (χ4v) is 2.63. The monoisotopic (exact) mass is 314 g/mol. The molecule has 2 aromatic heterocycles. The highest BCUT2D eigenvalue weighted by atomic mass is 79.9. The summed E-state index contributed by atoms with van der Waals surface area (Å²) in [5, 5.41) is 0. The molecule has 1 aromatic carbocycles. The van der Waals surface area contributed by atoms with Crippen LogP contribution in [0.2, 0.25) is 0 Å². The minimum Gasteiger partial charge on any atom is -0.303 e. The molecule has 0 bridgehead atoms. The Morgan fingerprint density at radius 2 is 1.84 bits per heavy atom. The first-order valence-electron chi connectivity index (χ1n) is 6.28. The molecule has 0 aliphatic heterocycles. The molecule has 0 aliphatic rings. The minimum atomic E-state index is 0.983. The second kappa shape index (κ2) is 4.49. The molecule has 0 saturated heterocycles. The van der Waals surface area contributed by atoms with Gasteiger partial charge in [0.05, 0.1) is 5.69 Å². The van der Waals surface area contributed by atoms with Crippen LogP contribution in [0.4, 0.5) is 0 Å². The summed E-state index contributed by atoms with van der Waals surface area (Å²) in [5.74, 6) is 0. The van der Waals surface area contributed by atoms with Gasteiger partial charge in [0.2, 0.25) is 0 Å². The van der Waals surface area contributed by atoms with E-state index in [4.69, 9.17) is 4.98 Å². The predicted molar refractivity (Wildman–Crippen MR) is 82.5 cm³/mol. The Labute approximate surface area is 121 Å². The smallest absolute Gasteiger partial charge is 0.137 e. The molecule has 96 valence electrons. The van der Waals surface area contributed by atoms with E-state index in [1.165, 1.54) is 22.4 Å². The Morgan fingerprint density at radius 3 is 2.63 bits per heavy atom. The topological polar surface area (TPSA) is 17.3 Å². The molecule has 0 N–H and O–H groups in total. The summed E-state index contributed by atoms with van der Waals surface area (Å²) in [6.07, 6.45) is 2.11. The lowest BCUT2D eigenvalue weighted by atomic mass is 10.0. The van der Waals surface area contributed by atoms with Crippen molar-refractivity contribution in [3.63, 3.8) is 0 Å². The predicted octanol–water partition coefficient (Wildman–Crippen LogP) is 4.69. The van der Waals surface area contributed by atoms with Gasteiger partial charge >= 0.3 is 0 Å². The fraction of sp³-hybridized carbons (Fsp3) is 0.188. The van der Waals surface area contributed by atoms with E-state index in [9.17, 15) is 0 Å². The lowest BCUT2D eigenvalue weighted by molar-refractivity contribution is 1.08. The molecular weight excluding hydrogens is 300 g/mol. The van der Waals surface area contributed by atoms with Gasteiger partial charge in [-0.3, -0.25) is 0 Å². The van der Waals surface area contributed by atoms with Gasteiger partial charge in [0.1, 0.15) is 5.65 Å².